The highest BCUT2D eigenvalue weighted by atomic mass is 16.5. The third-order valence-corrected chi connectivity index (χ3v) is 3.41. The molecule has 1 aliphatic carbocycles. The summed E-state index contributed by atoms with van der Waals surface area (Å²) in [5.41, 5.74) is 0.181. The van der Waals surface area contributed by atoms with Gasteiger partial charge in [0.25, 0.3) is 0 Å². The molecule has 0 aromatic carbocycles. The highest BCUT2D eigenvalue weighted by Gasteiger charge is 2.31. The van der Waals surface area contributed by atoms with Crippen molar-refractivity contribution in [3.63, 3.8) is 0 Å². The Morgan fingerprint density at radius 3 is 2.38 bits per heavy atom. The van der Waals surface area contributed by atoms with Crippen LogP contribution >= 0.6 is 0 Å². The maximum Gasteiger partial charge on any atom is 0.0682 e. The fourth-order valence-corrected chi connectivity index (χ4v) is 2.48. The van der Waals surface area contributed by atoms with Crippen molar-refractivity contribution >= 4 is 0 Å². The van der Waals surface area contributed by atoms with Crippen molar-refractivity contribution in [2.75, 3.05) is 13.1 Å². The van der Waals surface area contributed by atoms with Gasteiger partial charge in [-0.15, -0.1) is 0 Å². The van der Waals surface area contributed by atoms with Crippen LogP contribution in [0.15, 0.2) is 0 Å². The Labute approximate surface area is 81.0 Å². The van der Waals surface area contributed by atoms with E-state index in [4.69, 9.17) is 4.74 Å². The van der Waals surface area contributed by atoms with Gasteiger partial charge >= 0.3 is 0 Å². The maximum atomic E-state index is 6.20. The van der Waals surface area contributed by atoms with Gasteiger partial charge in [0.05, 0.1) is 11.7 Å². The van der Waals surface area contributed by atoms with Crippen molar-refractivity contribution in [3.8, 4) is 0 Å². The van der Waals surface area contributed by atoms with E-state index in [0.717, 1.165) is 13.1 Å². The Kier molecular flexibility index (Phi) is 2.89. The molecule has 1 N–H and O–H groups in total. The summed E-state index contributed by atoms with van der Waals surface area (Å²) in [6.07, 6.45) is 8.28. The van der Waals surface area contributed by atoms with E-state index in [1.54, 1.807) is 0 Å². The average Bonchev–Trinajstić information content (AvgIpc) is 2.57. The summed E-state index contributed by atoms with van der Waals surface area (Å²) < 4.78 is 6.20. The smallest absolute Gasteiger partial charge is 0.0682 e. The molecule has 2 fully saturated rings. The lowest BCUT2D eigenvalue weighted by molar-refractivity contribution is -0.0951. The zero-order valence-electron chi connectivity index (χ0n) is 8.64. The van der Waals surface area contributed by atoms with Crippen LogP contribution in [0, 0.1) is 0 Å². The molecule has 0 spiro atoms. The first-order valence-corrected chi connectivity index (χ1v) is 5.67. The predicted molar refractivity (Wildman–Crippen MR) is 53.8 cm³/mol. The molecule has 1 saturated heterocycles. The quantitative estimate of drug-likeness (QED) is 0.707. The third kappa shape index (κ3) is 2.44. The van der Waals surface area contributed by atoms with Crippen molar-refractivity contribution in [3.05, 3.63) is 0 Å². The van der Waals surface area contributed by atoms with Gasteiger partial charge in [0, 0.05) is 0 Å². The van der Waals surface area contributed by atoms with Gasteiger partial charge in [-0.2, -0.15) is 0 Å². The number of ether oxygens (including phenoxy) is 1. The average molecular weight is 183 g/mol. The van der Waals surface area contributed by atoms with Crippen molar-refractivity contribution in [1.82, 2.24) is 5.32 Å². The van der Waals surface area contributed by atoms with Gasteiger partial charge in [0.1, 0.15) is 0 Å². The first kappa shape index (κ1) is 9.47. The Morgan fingerprint density at radius 1 is 1.15 bits per heavy atom. The van der Waals surface area contributed by atoms with Crippen LogP contribution in [0.2, 0.25) is 0 Å². The van der Waals surface area contributed by atoms with Gasteiger partial charge in [0.15, 0.2) is 0 Å². The highest BCUT2D eigenvalue weighted by molar-refractivity contribution is 4.84. The standard InChI is InChI=1S/C11H21NO/c1-11(6-8-12-9-7-11)13-10-4-2-3-5-10/h10,12H,2-9H2,1H3. The van der Waals surface area contributed by atoms with Crippen molar-refractivity contribution in [2.24, 2.45) is 0 Å². The minimum absolute atomic E-state index is 0.181. The molecule has 0 bridgehead atoms. The Bertz CT molecular complexity index is 157. The molecule has 0 radical (unpaired) electrons. The zero-order chi connectivity index (χ0) is 9.15. The minimum Gasteiger partial charge on any atom is -0.372 e. The number of hydrogen-bond donors (Lipinski definition) is 1. The second kappa shape index (κ2) is 3.97. The van der Waals surface area contributed by atoms with Gasteiger partial charge in [-0.1, -0.05) is 12.8 Å². The number of hydrogen-bond acceptors (Lipinski definition) is 2. The third-order valence-electron chi connectivity index (χ3n) is 3.41. The molecular weight excluding hydrogens is 162 g/mol. The Morgan fingerprint density at radius 2 is 1.77 bits per heavy atom. The lowest BCUT2D eigenvalue weighted by Gasteiger charge is -2.36. The molecule has 13 heavy (non-hydrogen) atoms. The van der Waals surface area contributed by atoms with Crippen LogP contribution < -0.4 is 5.32 Å². The molecule has 2 heteroatoms. The number of nitrogens with one attached hydrogen (secondary N) is 1. The fraction of sp³-hybridized carbons (Fsp3) is 1.00. The summed E-state index contributed by atoms with van der Waals surface area (Å²) in [4.78, 5) is 0. The van der Waals surface area contributed by atoms with Crippen LogP contribution in [0.25, 0.3) is 0 Å². The summed E-state index contributed by atoms with van der Waals surface area (Å²) in [5.74, 6) is 0. The van der Waals surface area contributed by atoms with Crippen LogP contribution in [0.4, 0.5) is 0 Å². The molecule has 1 saturated carbocycles. The fourth-order valence-electron chi connectivity index (χ4n) is 2.48. The molecule has 76 valence electrons. The molecule has 2 nitrogen and oxygen atoms in total. The van der Waals surface area contributed by atoms with Gasteiger partial charge in [-0.05, 0) is 45.7 Å². The van der Waals surface area contributed by atoms with E-state index in [0.29, 0.717) is 6.10 Å². The summed E-state index contributed by atoms with van der Waals surface area (Å²) in [7, 11) is 0. The minimum atomic E-state index is 0.181. The van der Waals surface area contributed by atoms with E-state index in [9.17, 15) is 0 Å². The Balaban J connectivity index is 1.83. The van der Waals surface area contributed by atoms with Crippen LogP contribution in [-0.4, -0.2) is 24.8 Å². The van der Waals surface area contributed by atoms with Crippen molar-refractivity contribution < 1.29 is 4.74 Å². The van der Waals surface area contributed by atoms with Gasteiger partial charge < -0.3 is 10.1 Å². The summed E-state index contributed by atoms with van der Waals surface area (Å²) in [6, 6.07) is 0. The normalized spacial score (nSPS) is 29.3. The van der Waals surface area contributed by atoms with Crippen molar-refractivity contribution in [2.45, 2.75) is 57.2 Å². The molecule has 2 rings (SSSR count). The van der Waals surface area contributed by atoms with E-state index in [2.05, 4.69) is 12.2 Å². The van der Waals surface area contributed by atoms with E-state index >= 15 is 0 Å². The second-order valence-electron chi connectivity index (χ2n) is 4.72. The molecule has 0 unspecified atom stereocenters. The van der Waals surface area contributed by atoms with Gasteiger partial charge in [0.2, 0.25) is 0 Å². The molecule has 0 aromatic rings. The molecule has 0 amide bonds. The van der Waals surface area contributed by atoms with E-state index < -0.39 is 0 Å². The molecule has 0 atom stereocenters. The molecule has 1 aliphatic heterocycles. The number of piperidine rings is 1. The largest absolute Gasteiger partial charge is 0.372 e. The van der Waals surface area contributed by atoms with E-state index in [1.165, 1.54) is 38.5 Å². The molecule has 1 heterocycles. The highest BCUT2D eigenvalue weighted by Crippen LogP contribution is 2.30. The molecular formula is C11H21NO. The van der Waals surface area contributed by atoms with E-state index in [-0.39, 0.29) is 5.60 Å². The Hall–Kier alpha value is -0.0800. The van der Waals surface area contributed by atoms with Crippen LogP contribution in [-0.2, 0) is 4.74 Å². The SMILES string of the molecule is CC1(OC2CCCC2)CCNCC1. The van der Waals surface area contributed by atoms with Crippen LogP contribution in [0.3, 0.4) is 0 Å². The van der Waals surface area contributed by atoms with Crippen LogP contribution in [0.1, 0.15) is 45.4 Å². The van der Waals surface area contributed by atoms with Crippen molar-refractivity contribution in [1.29, 1.82) is 0 Å². The second-order valence-corrected chi connectivity index (χ2v) is 4.72. The predicted octanol–water partition coefficient (Wildman–Crippen LogP) is 2.09. The van der Waals surface area contributed by atoms with Gasteiger partial charge in [-0.3, -0.25) is 0 Å². The van der Waals surface area contributed by atoms with Crippen LogP contribution in [0.5, 0.6) is 0 Å². The first-order chi connectivity index (χ1) is 6.29. The monoisotopic (exact) mass is 183 g/mol. The summed E-state index contributed by atoms with van der Waals surface area (Å²) >= 11 is 0. The zero-order valence-corrected chi connectivity index (χ0v) is 8.64. The van der Waals surface area contributed by atoms with Gasteiger partial charge in [-0.25, -0.2) is 0 Å². The molecule has 0 aromatic heterocycles. The lowest BCUT2D eigenvalue weighted by Crippen LogP contribution is -2.43. The maximum absolute atomic E-state index is 6.20. The lowest BCUT2D eigenvalue weighted by atomic mass is 9.94. The summed E-state index contributed by atoms with van der Waals surface area (Å²) in [6.45, 7) is 4.54. The summed E-state index contributed by atoms with van der Waals surface area (Å²) in [5, 5.41) is 3.38. The number of rotatable bonds is 2. The molecule has 2 aliphatic rings. The van der Waals surface area contributed by atoms with E-state index in [1.807, 2.05) is 0 Å². The first-order valence-electron chi connectivity index (χ1n) is 5.67. The topological polar surface area (TPSA) is 21.3 Å².